The predicted octanol–water partition coefficient (Wildman–Crippen LogP) is 4.46. The van der Waals surface area contributed by atoms with Crippen LogP contribution < -0.4 is 10.6 Å². The van der Waals surface area contributed by atoms with E-state index < -0.39 is 11.6 Å². The fourth-order valence-electron chi connectivity index (χ4n) is 1.48. The van der Waals surface area contributed by atoms with Crippen molar-refractivity contribution in [3.8, 4) is 0 Å². The Labute approximate surface area is 131 Å². The molecule has 0 spiro atoms. The minimum atomic E-state index is -0.715. The average Bonchev–Trinajstić information content (AvgIpc) is 2.37. The number of halogens is 4. The van der Waals surface area contributed by atoms with Gasteiger partial charge in [0.05, 0.1) is 4.47 Å². The third-order valence-electron chi connectivity index (χ3n) is 2.33. The van der Waals surface area contributed by atoms with Crippen LogP contribution in [0.4, 0.5) is 26.2 Å². The van der Waals surface area contributed by atoms with Crippen LogP contribution in [0.2, 0.25) is 0 Å². The van der Waals surface area contributed by atoms with Crippen molar-refractivity contribution in [1.82, 2.24) is 9.97 Å². The summed E-state index contributed by atoms with van der Waals surface area (Å²) in [4.78, 5) is 8.16. The smallest absolute Gasteiger partial charge is 0.224 e. The summed E-state index contributed by atoms with van der Waals surface area (Å²) in [6, 6.07) is 2.34. The van der Waals surface area contributed by atoms with Gasteiger partial charge in [0.15, 0.2) is 17.5 Å². The third kappa shape index (κ3) is 3.43. The van der Waals surface area contributed by atoms with Gasteiger partial charge in [0.2, 0.25) is 5.95 Å². The molecule has 8 heteroatoms. The van der Waals surface area contributed by atoms with Gasteiger partial charge in [0.25, 0.3) is 0 Å². The van der Waals surface area contributed by atoms with E-state index in [1.165, 1.54) is 18.3 Å². The Morgan fingerprint density at radius 2 is 1.85 bits per heavy atom. The number of hydrogen-bond donors (Lipinski definition) is 2. The number of hydrogen-bond acceptors (Lipinski definition) is 4. The van der Waals surface area contributed by atoms with Crippen molar-refractivity contribution in [3.05, 3.63) is 38.9 Å². The standard InChI is InChI=1S/C12H10Br2F2N4/c1-2-17-12-18-5-7(14)11(20-12)19-10-8(15)3-6(13)4-9(10)16/h3-5H,2H2,1H3,(H2,17,18,19,20). The Hall–Kier alpha value is -1.28. The van der Waals surface area contributed by atoms with E-state index in [1.54, 1.807) is 0 Å². The maximum Gasteiger partial charge on any atom is 0.224 e. The topological polar surface area (TPSA) is 49.8 Å². The molecule has 1 heterocycles. The third-order valence-corrected chi connectivity index (χ3v) is 3.37. The molecule has 0 unspecified atom stereocenters. The lowest BCUT2D eigenvalue weighted by atomic mass is 10.3. The lowest BCUT2D eigenvalue weighted by Crippen LogP contribution is -2.06. The minimum Gasteiger partial charge on any atom is -0.354 e. The molecule has 4 nitrogen and oxygen atoms in total. The molecule has 2 N–H and O–H groups in total. The first-order valence-electron chi connectivity index (χ1n) is 5.69. The van der Waals surface area contributed by atoms with E-state index >= 15 is 0 Å². The highest BCUT2D eigenvalue weighted by atomic mass is 79.9. The van der Waals surface area contributed by atoms with Gasteiger partial charge in [-0.1, -0.05) is 15.9 Å². The van der Waals surface area contributed by atoms with Crippen LogP contribution in [0.3, 0.4) is 0 Å². The number of nitrogens with zero attached hydrogens (tertiary/aromatic N) is 2. The molecule has 20 heavy (non-hydrogen) atoms. The number of aromatic nitrogens is 2. The van der Waals surface area contributed by atoms with Gasteiger partial charge in [-0.25, -0.2) is 13.8 Å². The summed E-state index contributed by atoms with van der Waals surface area (Å²) in [6.45, 7) is 2.54. The van der Waals surface area contributed by atoms with E-state index in [9.17, 15) is 8.78 Å². The highest BCUT2D eigenvalue weighted by Gasteiger charge is 2.13. The first-order chi connectivity index (χ1) is 9.51. The van der Waals surface area contributed by atoms with Crippen molar-refractivity contribution in [2.24, 2.45) is 0 Å². The van der Waals surface area contributed by atoms with Crippen LogP contribution >= 0.6 is 31.9 Å². The van der Waals surface area contributed by atoms with E-state index in [0.29, 0.717) is 21.4 Å². The molecular weight excluding hydrogens is 398 g/mol. The maximum atomic E-state index is 13.8. The molecule has 0 saturated carbocycles. The molecule has 106 valence electrons. The lowest BCUT2D eigenvalue weighted by molar-refractivity contribution is 0.589. The largest absolute Gasteiger partial charge is 0.354 e. The molecule has 2 aromatic rings. The zero-order valence-electron chi connectivity index (χ0n) is 10.3. The van der Waals surface area contributed by atoms with E-state index in [-0.39, 0.29) is 11.5 Å². The molecule has 0 aliphatic rings. The molecule has 0 aliphatic carbocycles. The van der Waals surface area contributed by atoms with Crippen molar-refractivity contribution in [2.75, 3.05) is 17.2 Å². The van der Waals surface area contributed by atoms with E-state index in [0.717, 1.165) is 0 Å². The number of rotatable bonds is 4. The molecule has 0 aliphatic heterocycles. The highest BCUT2D eigenvalue weighted by molar-refractivity contribution is 9.10. The van der Waals surface area contributed by atoms with Crippen molar-refractivity contribution in [2.45, 2.75) is 6.92 Å². The maximum absolute atomic E-state index is 13.8. The summed E-state index contributed by atoms with van der Waals surface area (Å²) < 4.78 is 28.4. The predicted molar refractivity (Wildman–Crippen MR) is 81.2 cm³/mol. The highest BCUT2D eigenvalue weighted by Crippen LogP contribution is 2.29. The van der Waals surface area contributed by atoms with Gasteiger partial charge in [0, 0.05) is 17.2 Å². The van der Waals surface area contributed by atoms with Gasteiger partial charge in [-0.3, -0.25) is 0 Å². The van der Waals surface area contributed by atoms with Gasteiger partial charge in [-0.05, 0) is 35.0 Å². The van der Waals surface area contributed by atoms with Crippen LogP contribution in [-0.2, 0) is 0 Å². The van der Waals surface area contributed by atoms with Crippen molar-refractivity contribution >= 4 is 49.3 Å². The summed E-state index contributed by atoms with van der Waals surface area (Å²) in [6.07, 6.45) is 1.50. The molecule has 0 fully saturated rings. The van der Waals surface area contributed by atoms with Gasteiger partial charge < -0.3 is 10.6 Å². The molecule has 2 rings (SSSR count). The summed E-state index contributed by atoms with van der Waals surface area (Å²) in [5.41, 5.74) is -0.268. The zero-order chi connectivity index (χ0) is 14.7. The lowest BCUT2D eigenvalue weighted by Gasteiger charge is -2.11. The Morgan fingerprint density at radius 3 is 2.45 bits per heavy atom. The Balaban J connectivity index is 2.37. The second-order valence-corrected chi connectivity index (χ2v) is 5.56. The first-order valence-corrected chi connectivity index (χ1v) is 7.27. The summed E-state index contributed by atoms with van der Waals surface area (Å²) in [7, 11) is 0. The van der Waals surface area contributed by atoms with Crippen molar-refractivity contribution in [1.29, 1.82) is 0 Å². The second-order valence-electron chi connectivity index (χ2n) is 3.79. The fourth-order valence-corrected chi connectivity index (χ4v) is 2.17. The number of nitrogens with one attached hydrogen (secondary N) is 2. The molecule has 0 amide bonds. The molecule has 0 saturated heterocycles. The molecule has 0 radical (unpaired) electrons. The van der Waals surface area contributed by atoms with Gasteiger partial charge >= 0.3 is 0 Å². The SMILES string of the molecule is CCNc1ncc(Br)c(Nc2c(F)cc(Br)cc2F)n1. The molecule has 1 aromatic heterocycles. The Kier molecular flexibility index (Phi) is 4.87. The summed E-state index contributed by atoms with van der Waals surface area (Å²) >= 11 is 6.26. The second kappa shape index (κ2) is 6.45. The van der Waals surface area contributed by atoms with Crippen LogP contribution in [0.25, 0.3) is 0 Å². The summed E-state index contributed by atoms with van der Waals surface area (Å²) in [5.74, 6) is -0.785. The van der Waals surface area contributed by atoms with Crippen LogP contribution in [0.15, 0.2) is 27.3 Å². The Morgan fingerprint density at radius 1 is 1.20 bits per heavy atom. The number of benzene rings is 1. The van der Waals surface area contributed by atoms with E-state index in [2.05, 4.69) is 52.5 Å². The van der Waals surface area contributed by atoms with Crippen molar-refractivity contribution in [3.63, 3.8) is 0 Å². The first kappa shape index (κ1) is 15.1. The number of anilines is 3. The molecule has 1 aromatic carbocycles. The van der Waals surface area contributed by atoms with Gasteiger partial charge in [0.1, 0.15) is 5.69 Å². The molecular formula is C12H10Br2F2N4. The van der Waals surface area contributed by atoms with Crippen molar-refractivity contribution < 1.29 is 8.78 Å². The molecule has 0 bridgehead atoms. The van der Waals surface area contributed by atoms with Crippen LogP contribution in [0, 0.1) is 11.6 Å². The van der Waals surface area contributed by atoms with E-state index in [1.807, 2.05) is 6.92 Å². The quantitative estimate of drug-likeness (QED) is 0.785. The fraction of sp³-hybridized carbons (Fsp3) is 0.167. The molecule has 0 atom stereocenters. The van der Waals surface area contributed by atoms with Crippen LogP contribution in [-0.4, -0.2) is 16.5 Å². The van der Waals surface area contributed by atoms with E-state index in [4.69, 9.17) is 0 Å². The minimum absolute atomic E-state index is 0.268. The summed E-state index contributed by atoms with van der Waals surface area (Å²) in [5, 5.41) is 5.55. The van der Waals surface area contributed by atoms with Crippen LogP contribution in [0.1, 0.15) is 6.92 Å². The normalized spacial score (nSPS) is 10.4. The Bertz CT molecular complexity index is 614. The zero-order valence-corrected chi connectivity index (χ0v) is 13.5. The van der Waals surface area contributed by atoms with Gasteiger partial charge in [-0.2, -0.15) is 4.98 Å². The monoisotopic (exact) mass is 406 g/mol. The van der Waals surface area contributed by atoms with Crippen LogP contribution in [0.5, 0.6) is 0 Å². The van der Waals surface area contributed by atoms with Gasteiger partial charge in [-0.15, -0.1) is 0 Å². The average molecular weight is 408 g/mol.